The van der Waals surface area contributed by atoms with E-state index >= 15 is 0 Å². The molecule has 0 unspecified atom stereocenters. The predicted octanol–water partition coefficient (Wildman–Crippen LogP) is 0.845. The first-order valence-electron chi connectivity index (χ1n) is 6.80. The summed E-state index contributed by atoms with van der Waals surface area (Å²) in [6.45, 7) is 2.12. The van der Waals surface area contributed by atoms with E-state index in [1.807, 2.05) is 0 Å². The Morgan fingerprint density at radius 1 is 1.24 bits per heavy atom. The first-order chi connectivity index (χ1) is 10.1. The molecule has 1 aromatic rings. The van der Waals surface area contributed by atoms with Gasteiger partial charge in [-0.05, 0) is 18.9 Å². The molecule has 0 aliphatic carbocycles. The van der Waals surface area contributed by atoms with Crippen molar-refractivity contribution < 1.29 is 17.9 Å². The summed E-state index contributed by atoms with van der Waals surface area (Å²) < 4.78 is 36.8. The van der Waals surface area contributed by atoms with Crippen LogP contribution in [0.1, 0.15) is 12.8 Å². The summed E-state index contributed by atoms with van der Waals surface area (Å²) in [5, 5.41) is 2.81. The van der Waals surface area contributed by atoms with Gasteiger partial charge in [0.05, 0.1) is 18.1 Å². The summed E-state index contributed by atoms with van der Waals surface area (Å²) in [7, 11) is -0.173. The number of hydrogen-bond donors (Lipinski definition) is 2. The molecular weight excluding hydrogens is 294 g/mol. The van der Waals surface area contributed by atoms with Crippen LogP contribution < -0.4 is 10.0 Å². The zero-order chi connectivity index (χ0) is 15.6. The van der Waals surface area contributed by atoms with E-state index in [0.29, 0.717) is 32.2 Å². The second kappa shape index (κ2) is 9.67. The molecule has 0 spiro atoms. The predicted molar refractivity (Wildman–Crippen MR) is 80.9 cm³/mol. The minimum absolute atomic E-state index is 0.207. The van der Waals surface area contributed by atoms with Crippen molar-refractivity contribution in [2.24, 2.45) is 0 Å². The summed E-state index contributed by atoms with van der Waals surface area (Å²) in [5.41, 5.74) is 0. The molecule has 0 radical (unpaired) electrons. The third-order valence-electron chi connectivity index (χ3n) is 2.74. The molecule has 21 heavy (non-hydrogen) atoms. The normalized spacial score (nSPS) is 11.5. The van der Waals surface area contributed by atoms with Gasteiger partial charge in [0.25, 0.3) is 0 Å². The van der Waals surface area contributed by atoms with Crippen LogP contribution in [0.25, 0.3) is 0 Å². The number of rotatable bonds is 11. The second-order valence-corrected chi connectivity index (χ2v) is 6.10. The molecule has 1 aromatic heterocycles. The lowest BCUT2D eigenvalue weighted by Gasteiger charge is -2.08. The molecule has 0 aromatic carbocycles. The maximum Gasteiger partial charge on any atom is 0.240 e. The van der Waals surface area contributed by atoms with E-state index in [2.05, 4.69) is 15.0 Å². The highest BCUT2D eigenvalue weighted by atomic mass is 32.2. The Kier molecular flexibility index (Phi) is 8.21. The molecule has 2 N–H and O–H groups in total. The summed E-state index contributed by atoms with van der Waals surface area (Å²) in [5.74, 6) is 0.518. The molecule has 7 nitrogen and oxygen atoms in total. The van der Waals surface area contributed by atoms with Gasteiger partial charge in [0.1, 0.15) is 5.82 Å². The van der Waals surface area contributed by atoms with Gasteiger partial charge in [-0.25, -0.2) is 18.1 Å². The van der Waals surface area contributed by atoms with Crippen LogP contribution in [0.2, 0.25) is 0 Å². The van der Waals surface area contributed by atoms with Gasteiger partial charge >= 0.3 is 0 Å². The number of nitrogens with zero attached hydrogens (tertiary/aromatic N) is 1. The molecule has 0 aliphatic rings. The van der Waals surface area contributed by atoms with E-state index in [9.17, 15) is 8.42 Å². The fourth-order valence-electron chi connectivity index (χ4n) is 1.58. The Balaban J connectivity index is 2.30. The van der Waals surface area contributed by atoms with E-state index in [-0.39, 0.29) is 4.90 Å². The van der Waals surface area contributed by atoms with E-state index < -0.39 is 10.0 Å². The number of unbranched alkanes of at least 4 members (excludes halogenated alkanes) is 1. The lowest BCUT2D eigenvalue weighted by Crippen LogP contribution is -2.25. The highest BCUT2D eigenvalue weighted by molar-refractivity contribution is 7.89. The fraction of sp³-hybridized carbons (Fsp3) is 0.615. The number of aromatic nitrogens is 1. The van der Waals surface area contributed by atoms with E-state index in [1.54, 1.807) is 14.2 Å². The Hall–Kier alpha value is -1.22. The van der Waals surface area contributed by atoms with E-state index in [4.69, 9.17) is 9.47 Å². The quantitative estimate of drug-likeness (QED) is 0.588. The number of sulfonamides is 1. The van der Waals surface area contributed by atoms with Crippen molar-refractivity contribution >= 4 is 15.8 Å². The van der Waals surface area contributed by atoms with Crippen molar-refractivity contribution in [2.75, 3.05) is 45.8 Å². The number of nitrogens with one attached hydrogen (secondary N) is 2. The molecule has 0 saturated heterocycles. The lowest BCUT2D eigenvalue weighted by atomic mass is 10.3. The minimum Gasteiger partial charge on any atom is -0.382 e. The van der Waals surface area contributed by atoms with Crippen LogP contribution in [-0.2, 0) is 19.5 Å². The Bertz CT molecular complexity index is 508. The van der Waals surface area contributed by atoms with Crippen LogP contribution in [0.5, 0.6) is 0 Å². The standard InChI is InChI=1S/C13H23N3O4S/c1-14-13-11-12(5-7-15-13)21(17,18)16-6-3-4-8-20-10-9-19-2/h5,7,11,16H,3-4,6,8-10H2,1-2H3,(H,14,15). The van der Waals surface area contributed by atoms with Gasteiger partial charge in [-0.3, -0.25) is 0 Å². The highest BCUT2D eigenvalue weighted by Crippen LogP contribution is 2.11. The molecule has 1 heterocycles. The van der Waals surface area contributed by atoms with Crippen molar-refractivity contribution in [3.8, 4) is 0 Å². The number of anilines is 1. The van der Waals surface area contributed by atoms with Crippen LogP contribution in [0.15, 0.2) is 23.2 Å². The molecule has 0 atom stereocenters. The van der Waals surface area contributed by atoms with Crippen molar-refractivity contribution in [1.29, 1.82) is 0 Å². The molecule has 0 aliphatic heterocycles. The SMILES string of the molecule is CNc1cc(S(=O)(=O)NCCCCOCCOC)ccn1. The first-order valence-corrected chi connectivity index (χ1v) is 8.28. The van der Waals surface area contributed by atoms with Crippen LogP contribution in [0, 0.1) is 0 Å². The van der Waals surface area contributed by atoms with Crippen LogP contribution in [0.4, 0.5) is 5.82 Å². The van der Waals surface area contributed by atoms with E-state index in [1.165, 1.54) is 18.3 Å². The number of pyridine rings is 1. The molecule has 0 fully saturated rings. The van der Waals surface area contributed by atoms with Crippen molar-refractivity contribution in [3.63, 3.8) is 0 Å². The molecular formula is C13H23N3O4S. The van der Waals surface area contributed by atoms with Gasteiger partial charge in [0.2, 0.25) is 10.0 Å². The summed E-state index contributed by atoms with van der Waals surface area (Å²) in [6.07, 6.45) is 2.98. The van der Waals surface area contributed by atoms with Crippen LogP contribution in [-0.4, -0.2) is 53.9 Å². The monoisotopic (exact) mass is 317 g/mol. The number of ether oxygens (including phenoxy) is 2. The van der Waals surface area contributed by atoms with Crippen molar-refractivity contribution in [2.45, 2.75) is 17.7 Å². The largest absolute Gasteiger partial charge is 0.382 e. The molecule has 120 valence electrons. The Labute approximate surface area is 126 Å². The third kappa shape index (κ3) is 6.85. The molecule has 0 saturated carbocycles. The lowest BCUT2D eigenvalue weighted by molar-refractivity contribution is 0.0689. The Morgan fingerprint density at radius 3 is 2.76 bits per heavy atom. The zero-order valence-corrected chi connectivity index (χ0v) is 13.3. The summed E-state index contributed by atoms with van der Waals surface area (Å²) >= 11 is 0. The summed E-state index contributed by atoms with van der Waals surface area (Å²) in [6, 6.07) is 2.97. The highest BCUT2D eigenvalue weighted by Gasteiger charge is 2.13. The average Bonchev–Trinajstić information content (AvgIpc) is 2.50. The molecule has 0 bridgehead atoms. The number of hydrogen-bond acceptors (Lipinski definition) is 6. The topological polar surface area (TPSA) is 89.6 Å². The fourth-order valence-corrected chi connectivity index (χ4v) is 2.66. The van der Waals surface area contributed by atoms with Crippen LogP contribution in [0.3, 0.4) is 0 Å². The Morgan fingerprint density at radius 2 is 2.05 bits per heavy atom. The van der Waals surface area contributed by atoms with Gasteiger partial charge in [0.15, 0.2) is 0 Å². The molecule has 0 amide bonds. The molecule has 8 heteroatoms. The first kappa shape index (κ1) is 17.8. The van der Waals surface area contributed by atoms with Gasteiger partial charge < -0.3 is 14.8 Å². The zero-order valence-electron chi connectivity index (χ0n) is 12.5. The number of methoxy groups -OCH3 is 1. The van der Waals surface area contributed by atoms with Crippen molar-refractivity contribution in [1.82, 2.24) is 9.71 Å². The van der Waals surface area contributed by atoms with Gasteiger partial charge in [0, 0.05) is 39.6 Å². The molecule has 1 rings (SSSR count). The van der Waals surface area contributed by atoms with Crippen LogP contribution >= 0.6 is 0 Å². The maximum absolute atomic E-state index is 12.1. The smallest absolute Gasteiger partial charge is 0.240 e. The summed E-state index contributed by atoms with van der Waals surface area (Å²) in [4.78, 5) is 4.19. The van der Waals surface area contributed by atoms with Gasteiger partial charge in [-0.1, -0.05) is 0 Å². The second-order valence-electron chi connectivity index (χ2n) is 4.34. The maximum atomic E-state index is 12.1. The minimum atomic E-state index is -3.49. The van der Waals surface area contributed by atoms with Gasteiger partial charge in [-0.15, -0.1) is 0 Å². The van der Waals surface area contributed by atoms with E-state index in [0.717, 1.165) is 12.8 Å². The average molecular weight is 317 g/mol. The van der Waals surface area contributed by atoms with Gasteiger partial charge in [-0.2, -0.15) is 0 Å². The third-order valence-corrected chi connectivity index (χ3v) is 4.20. The van der Waals surface area contributed by atoms with Crippen molar-refractivity contribution in [3.05, 3.63) is 18.3 Å².